The summed E-state index contributed by atoms with van der Waals surface area (Å²) in [5, 5.41) is 24.4. The molecule has 1 heterocycles. The summed E-state index contributed by atoms with van der Waals surface area (Å²) in [5.41, 5.74) is 0. The molecule has 90 valence electrons. The van der Waals surface area contributed by atoms with E-state index in [4.69, 9.17) is 19.8 Å². The fraction of sp³-hybridized carbons (Fsp3) is 0.778. The van der Waals surface area contributed by atoms with Gasteiger partial charge in [0.05, 0.1) is 0 Å². The molecule has 0 amide bonds. The van der Waals surface area contributed by atoms with Crippen LogP contribution in [-0.2, 0) is 29.1 Å². The number of piperazine rings is 1. The van der Waals surface area contributed by atoms with E-state index in [1.165, 1.54) is 0 Å². The van der Waals surface area contributed by atoms with E-state index in [2.05, 4.69) is 17.6 Å². The summed E-state index contributed by atoms with van der Waals surface area (Å²) in [6, 6.07) is 0.675. The Labute approximate surface area is 109 Å². The van der Waals surface area contributed by atoms with Crippen LogP contribution in [0.2, 0.25) is 0 Å². The SMILES string of the molecule is CC(=O)[O-].CC(=O)[O-].CC1CNCCN1.[Zn+2]. The van der Waals surface area contributed by atoms with Crippen LogP contribution in [0.3, 0.4) is 0 Å². The van der Waals surface area contributed by atoms with Crippen LogP contribution in [0.4, 0.5) is 0 Å². The Balaban J connectivity index is -0.000000166. The predicted octanol–water partition coefficient (Wildman–Crippen LogP) is -2.92. The van der Waals surface area contributed by atoms with Crippen molar-refractivity contribution in [1.29, 1.82) is 0 Å². The molecule has 1 fully saturated rings. The minimum atomic E-state index is -1.08. The van der Waals surface area contributed by atoms with Gasteiger partial charge in [0.25, 0.3) is 0 Å². The molecule has 1 rings (SSSR count). The van der Waals surface area contributed by atoms with Gasteiger partial charge in [-0.1, -0.05) is 0 Å². The summed E-state index contributed by atoms with van der Waals surface area (Å²) in [5.74, 6) is -2.17. The molecule has 1 atom stereocenters. The second-order valence-electron chi connectivity index (χ2n) is 3.04. The molecule has 0 radical (unpaired) electrons. The quantitative estimate of drug-likeness (QED) is 0.462. The van der Waals surface area contributed by atoms with Crippen LogP contribution in [0.1, 0.15) is 20.8 Å². The van der Waals surface area contributed by atoms with Crippen LogP contribution in [0, 0.1) is 0 Å². The fourth-order valence-corrected chi connectivity index (χ4v) is 0.798. The molecular formula is C9H18N2O4Zn. The zero-order valence-corrected chi connectivity index (χ0v) is 13.0. The third-order valence-corrected chi connectivity index (χ3v) is 1.25. The standard InChI is InChI=1S/C5H12N2.2C2H4O2.Zn/c1-5-4-6-2-3-7-5;2*1-2(3)4;/h5-7H,2-4H2,1H3;2*1H3,(H,3,4);/q;;;+2/p-2. The zero-order chi connectivity index (χ0) is 12.3. The van der Waals surface area contributed by atoms with Gasteiger partial charge < -0.3 is 30.4 Å². The van der Waals surface area contributed by atoms with Gasteiger partial charge in [-0.2, -0.15) is 0 Å². The summed E-state index contributed by atoms with van der Waals surface area (Å²) in [7, 11) is 0. The molecule has 16 heavy (non-hydrogen) atoms. The first-order chi connectivity index (χ1) is 6.86. The summed E-state index contributed by atoms with van der Waals surface area (Å²) in [4.78, 5) is 17.8. The summed E-state index contributed by atoms with van der Waals surface area (Å²) < 4.78 is 0. The Bertz CT molecular complexity index is 164. The van der Waals surface area contributed by atoms with E-state index in [-0.39, 0.29) is 19.5 Å². The molecule has 1 saturated heterocycles. The molecule has 0 spiro atoms. The van der Waals surface area contributed by atoms with Crippen LogP contribution in [0.25, 0.3) is 0 Å². The number of nitrogens with one attached hydrogen (secondary N) is 2. The van der Waals surface area contributed by atoms with E-state index in [1.54, 1.807) is 0 Å². The van der Waals surface area contributed by atoms with E-state index >= 15 is 0 Å². The van der Waals surface area contributed by atoms with E-state index in [9.17, 15) is 0 Å². The maximum Gasteiger partial charge on any atom is 2.00 e. The van der Waals surface area contributed by atoms with Gasteiger partial charge in [-0.25, -0.2) is 0 Å². The number of rotatable bonds is 0. The molecule has 1 unspecified atom stereocenters. The van der Waals surface area contributed by atoms with Crippen molar-refractivity contribution in [3.63, 3.8) is 0 Å². The maximum atomic E-state index is 8.89. The first kappa shape index (κ1) is 20.8. The van der Waals surface area contributed by atoms with Crippen LogP contribution < -0.4 is 20.8 Å². The van der Waals surface area contributed by atoms with Crippen molar-refractivity contribution in [2.75, 3.05) is 19.6 Å². The average molecular weight is 284 g/mol. The van der Waals surface area contributed by atoms with Crippen molar-refractivity contribution in [1.82, 2.24) is 10.6 Å². The second-order valence-corrected chi connectivity index (χ2v) is 3.04. The summed E-state index contributed by atoms with van der Waals surface area (Å²) >= 11 is 0. The monoisotopic (exact) mass is 282 g/mol. The van der Waals surface area contributed by atoms with Gasteiger partial charge in [0, 0.05) is 37.6 Å². The Morgan fingerprint density at radius 1 is 1.12 bits per heavy atom. The Morgan fingerprint density at radius 2 is 1.50 bits per heavy atom. The largest absolute Gasteiger partial charge is 2.00 e. The van der Waals surface area contributed by atoms with E-state index in [1.807, 2.05) is 0 Å². The Kier molecular flexibility index (Phi) is 18.9. The molecule has 0 aliphatic carbocycles. The van der Waals surface area contributed by atoms with Gasteiger partial charge in [-0.15, -0.1) is 0 Å². The second kappa shape index (κ2) is 14.5. The third-order valence-electron chi connectivity index (χ3n) is 1.25. The molecule has 1 aliphatic rings. The van der Waals surface area contributed by atoms with E-state index in [0.717, 1.165) is 33.5 Å². The van der Waals surface area contributed by atoms with E-state index < -0.39 is 11.9 Å². The number of hydrogen-bond acceptors (Lipinski definition) is 6. The molecule has 0 aromatic heterocycles. The molecule has 0 saturated carbocycles. The van der Waals surface area contributed by atoms with Gasteiger partial charge >= 0.3 is 19.5 Å². The molecule has 0 bridgehead atoms. The fourth-order valence-electron chi connectivity index (χ4n) is 0.798. The summed E-state index contributed by atoms with van der Waals surface area (Å²) in [6.45, 7) is 7.51. The predicted molar refractivity (Wildman–Crippen MR) is 51.7 cm³/mol. The van der Waals surface area contributed by atoms with Crippen LogP contribution in [0.5, 0.6) is 0 Å². The van der Waals surface area contributed by atoms with Crippen molar-refractivity contribution in [3.05, 3.63) is 0 Å². The first-order valence-electron chi connectivity index (χ1n) is 4.65. The van der Waals surface area contributed by atoms with Crippen LogP contribution >= 0.6 is 0 Å². The average Bonchev–Trinajstić information content (AvgIpc) is 2.03. The van der Waals surface area contributed by atoms with E-state index in [0.29, 0.717) is 6.04 Å². The Hall–Kier alpha value is -0.517. The maximum absolute atomic E-state index is 8.89. The molecule has 2 N–H and O–H groups in total. The number of carbonyl (C=O) groups is 2. The molecule has 0 aromatic carbocycles. The van der Waals surface area contributed by atoms with Crippen molar-refractivity contribution in [3.8, 4) is 0 Å². The van der Waals surface area contributed by atoms with Gasteiger partial charge in [-0.05, 0) is 20.8 Å². The minimum absolute atomic E-state index is 0. The first-order valence-corrected chi connectivity index (χ1v) is 4.65. The normalized spacial score (nSPS) is 17.6. The van der Waals surface area contributed by atoms with Gasteiger partial charge in [-0.3, -0.25) is 0 Å². The molecular weight excluding hydrogens is 265 g/mol. The third kappa shape index (κ3) is 37.5. The number of carboxylic acid groups (broad SMARTS) is 2. The van der Waals surface area contributed by atoms with Gasteiger partial charge in [0.15, 0.2) is 0 Å². The van der Waals surface area contributed by atoms with Crippen molar-refractivity contribution < 1.29 is 39.3 Å². The van der Waals surface area contributed by atoms with Gasteiger partial charge in [0.2, 0.25) is 0 Å². The zero-order valence-electron chi connectivity index (χ0n) is 10.0. The summed E-state index contributed by atoms with van der Waals surface area (Å²) in [6.07, 6.45) is 0. The number of carbonyl (C=O) groups excluding carboxylic acids is 2. The van der Waals surface area contributed by atoms with Gasteiger partial charge in [0.1, 0.15) is 0 Å². The molecule has 7 heteroatoms. The number of carboxylic acids is 2. The number of aliphatic carboxylic acids is 2. The Morgan fingerprint density at radius 3 is 1.62 bits per heavy atom. The topological polar surface area (TPSA) is 104 Å². The van der Waals surface area contributed by atoms with Crippen LogP contribution in [-0.4, -0.2) is 37.6 Å². The smallest absolute Gasteiger partial charge is 0.550 e. The molecule has 0 aromatic rings. The van der Waals surface area contributed by atoms with Crippen LogP contribution in [0.15, 0.2) is 0 Å². The molecule has 1 aliphatic heterocycles. The van der Waals surface area contributed by atoms with Crippen molar-refractivity contribution in [2.45, 2.75) is 26.8 Å². The van der Waals surface area contributed by atoms with Crippen molar-refractivity contribution >= 4 is 11.9 Å². The number of hydrogen-bond donors (Lipinski definition) is 2. The minimum Gasteiger partial charge on any atom is -0.550 e. The van der Waals surface area contributed by atoms with Crippen molar-refractivity contribution in [2.24, 2.45) is 0 Å². The molecule has 6 nitrogen and oxygen atoms in total.